The Balaban J connectivity index is -0.0000000248. The Bertz CT molecular complexity index is 226. The van der Waals surface area contributed by atoms with E-state index in [1.807, 2.05) is 0 Å². The maximum absolute atomic E-state index is 3.91. The SMILES string of the molecule is [CH2-][Si](C)(C)C.[CH2-][Si](C)(C)C.[CH2-][Si](C)(C)C.[CH2-][Si](C)(C)C.[CH2-][Si](C)(C)C.[CH2-][Si](C)(C)C.[Mn+2].[Mn+2].[Mn+2].[Mn]. The third-order valence-corrected chi connectivity index (χ3v) is 0. The van der Waals surface area contributed by atoms with Crippen molar-refractivity contribution < 1.29 is 68.3 Å². The quantitative estimate of drug-likeness (QED) is 0.171. The zero-order valence-corrected chi connectivity index (χ0v) is 37.5. The molecule has 0 aromatic heterocycles. The summed E-state index contributed by atoms with van der Waals surface area (Å²) in [6, 6.07) is 0. The Kier molecular flexibility index (Phi) is 57.0. The first-order chi connectivity index (χ1) is 12.0. The molecule has 4 radical (unpaired) electrons. The number of rotatable bonds is 0. The van der Waals surface area contributed by atoms with E-state index in [1.54, 1.807) is 0 Å². The average molecular weight is 743 g/mol. The van der Waals surface area contributed by atoms with Crippen LogP contribution in [0, 0.1) is 39.3 Å². The molecule has 0 aromatic rings. The summed E-state index contributed by atoms with van der Waals surface area (Å²) in [4.78, 5) is 0. The summed E-state index contributed by atoms with van der Waals surface area (Å²) >= 11 is 0. The summed E-state index contributed by atoms with van der Waals surface area (Å²) in [5.41, 5.74) is 0. The summed E-state index contributed by atoms with van der Waals surface area (Å²) in [5, 5.41) is 0. The van der Waals surface area contributed by atoms with E-state index >= 15 is 0 Å². The molecule has 0 N–H and O–H groups in total. The summed E-state index contributed by atoms with van der Waals surface area (Å²) in [5.74, 6) is 0. The van der Waals surface area contributed by atoms with E-state index in [1.165, 1.54) is 0 Å². The van der Waals surface area contributed by atoms with Gasteiger partial charge < -0.3 is 39.3 Å². The van der Waals surface area contributed by atoms with Crippen molar-refractivity contribution in [2.45, 2.75) is 118 Å². The molecule has 0 amide bonds. The van der Waals surface area contributed by atoms with E-state index in [0.29, 0.717) is 0 Å². The molecule has 0 aliphatic carbocycles. The largest absolute Gasteiger partial charge is 2.00 e. The van der Waals surface area contributed by atoms with E-state index in [9.17, 15) is 0 Å². The topological polar surface area (TPSA) is 0 Å². The van der Waals surface area contributed by atoms with Crippen molar-refractivity contribution in [3.05, 3.63) is 39.3 Å². The van der Waals surface area contributed by atoms with E-state index in [2.05, 4.69) is 157 Å². The molecular weight excluding hydrogens is 677 g/mol. The van der Waals surface area contributed by atoms with Gasteiger partial charge in [0.1, 0.15) is 0 Å². The van der Waals surface area contributed by atoms with Crippen LogP contribution in [-0.4, -0.2) is 48.4 Å². The molecule has 214 valence electrons. The van der Waals surface area contributed by atoms with Crippen molar-refractivity contribution in [2.24, 2.45) is 0 Å². The summed E-state index contributed by atoms with van der Waals surface area (Å²) < 4.78 is 0. The molecule has 0 nitrogen and oxygen atoms in total. The Morgan fingerprint density at radius 2 is 0.235 bits per heavy atom. The first kappa shape index (κ1) is 66.0. The molecule has 0 aliphatic rings. The van der Waals surface area contributed by atoms with Crippen LogP contribution in [-0.2, 0) is 68.3 Å². The van der Waals surface area contributed by atoms with Crippen molar-refractivity contribution in [1.29, 1.82) is 0 Å². The second-order valence-corrected chi connectivity index (χ2v) is 46.1. The molecule has 0 saturated carbocycles. The van der Waals surface area contributed by atoms with Crippen molar-refractivity contribution in [1.82, 2.24) is 0 Å². The molecule has 0 aliphatic heterocycles. The van der Waals surface area contributed by atoms with Gasteiger partial charge in [0.2, 0.25) is 0 Å². The molecule has 0 aromatic carbocycles. The van der Waals surface area contributed by atoms with Gasteiger partial charge in [-0.25, -0.2) is 0 Å². The minimum Gasteiger partial charge on any atom is -0.342 e. The summed E-state index contributed by atoms with van der Waals surface area (Å²) in [6.07, 6.45) is 0. The molecule has 0 rings (SSSR count). The van der Waals surface area contributed by atoms with Crippen LogP contribution in [0.3, 0.4) is 0 Å². The van der Waals surface area contributed by atoms with Gasteiger partial charge in [-0.05, 0) is 0 Å². The Hall–Kier alpha value is 3.38. The van der Waals surface area contributed by atoms with E-state index < -0.39 is 48.4 Å². The molecule has 0 unspecified atom stereocenters. The van der Waals surface area contributed by atoms with Gasteiger partial charge in [-0.2, -0.15) is 0 Å². The third kappa shape index (κ3) is 3660. The standard InChI is InChI=1S/6C4H11Si.4Mn/c6*1-5(2,3)4;;;;/h6*1H2,2-4H3;;;;/q6*-1;;3*+2. The molecule has 0 heterocycles. The van der Waals surface area contributed by atoms with Crippen LogP contribution in [0.15, 0.2) is 0 Å². The maximum Gasteiger partial charge on any atom is 2.00 e. The van der Waals surface area contributed by atoms with Crippen LogP contribution >= 0.6 is 0 Å². The van der Waals surface area contributed by atoms with Crippen LogP contribution in [0.1, 0.15) is 0 Å². The average Bonchev–Trinajstić information content (AvgIpc) is 1.94. The zero-order valence-electron chi connectivity index (χ0n) is 26.8. The molecule has 0 fully saturated rings. The first-order valence-corrected chi connectivity index (χ1v) is 33.4. The molecule has 0 spiro atoms. The Morgan fingerprint density at radius 3 is 0.235 bits per heavy atom. The van der Waals surface area contributed by atoms with Crippen molar-refractivity contribution >= 4 is 48.4 Å². The molecule has 0 bridgehead atoms. The van der Waals surface area contributed by atoms with Crippen molar-refractivity contribution in [3.8, 4) is 0 Å². The molecule has 34 heavy (non-hydrogen) atoms. The van der Waals surface area contributed by atoms with Gasteiger partial charge in [0.05, 0.1) is 0 Å². The second-order valence-electron chi connectivity index (χ2n) is 15.4. The normalized spacial score (nSPS) is 10.6. The molecule has 0 saturated heterocycles. The van der Waals surface area contributed by atoms with Crippen LogP contribution in [0.5, 0.6) is 0 Å². The van der Waals surface area contributed by atoms with Gasteiger partial charge in [-0.15, -0.1) is 48.4 Å². The Labute approximate surface area is 271 Å². The Morgan fingerprint density at radius 1 is 0.235 bits per heavy atom. The van der Waals surface area contributed by atoms with Gasteiger partial charge in [0.15, 0.2) is 0 Å². The van der Waals surface area contributed by atoms with E-state index in [0.717, 1.165) is 0 Å². The van der Waals surface area contributed by atoms with E-state index in [4.69, 9.17) is 0 Å². The predicted molar refractivity (Wildman–Crippen MR) is 172 cm³/mol. The van der Waals surface area contributed by atoms with Gasteiger partial charge in [-0.3, -0.25) is 0 Å². The van der Waals surface area contributed by atoms with Gasteiger partial charge >= 0.3 is 51.2 Å². The molecular formula is C24H66Mn4Si6. The summed E-state index contributed by atoms with van der Waals surface area (Å²) in [7, 11) is -5.17. The first-order valence-electron chi connectivity index (χ1n) is 11.1. The van der Waals surface area contributed by atoms with Crippen LogP contribution < -0.4 is 0 Å². The number of hydrogen-bond donors (Lipinski definition) is 0. The van der Waals surface area contributed by atoms with Crippen molar-refractivity contribution in [3.63, 3.8) is 0 Å². The number of hydrogen-bond acceptors (Lipinski definition) is 0. The van der Waals surface area contributed by atoms with Gasteiger partial charge in [0, 0.05) is 17.1 Å². The minimum absolute atomic E-state index is 0. The predicted octanol–water partition coefficient (Wildman–Crippen LogP) is 10.2. The third-order valence-electron chi connectivity index (χ3n) is 0. The van der Waals surface area contributed by atoms with E-state index in [-0.39, 0.29) is 68.3 Å². The minimum atomic E-state index is -0.861. The van der Waals surface area contributed by atoms with Crippen molar-refractivity contribution in [2.75, 3.05) is 0 Å². The smallest absolute Gasteiger partial charge is 0.342 e. The fourth-order valence-electron chi connectivity index (χ4n) is 0. The van der Waals surface area contributed by atoms with Gasteiger partial charge in [-0.1, -0.05) is 118 Å². The van der Waals surface area contributed by atoms with Crippen LogP contribution in [0.25, 0.3) is 0 Å². The fourth-order valence-corrected chi connectivity index (χ4v) is 0. The maximum atomic E-state index is 3.91. The molecule has 0 atom stereocenters. The van der Waals surface area contributed by atoms with Crippen LogP contribution in [0.4, 0.5) is 0 Å². The van der Waals surface area contributed by atoms with Crippen LogP contribution in [0.2, 0.25) is 118 Å². The molecule has 10 heteroatoms. The zero-order chi connectivity index (χ0) is 27.0. The second kappa shape index (κ2) is 29.4. The van der Waals surface area contributed by atoms with Gasteiger partial charge in [0.25, 0.3) is 0 Å². The fraction of sp³-hybridized carbons (Fsp3) is 0.750. The summed E-state index contributed by atoms with van der Waals surface area (Å²) in [6.45, 7) is 63.3. The monoisotopic (exact) mass is 742 g/mol.